The van der Waals surface area contributed by atoms with E-state index in [2.05, 4.69) is 24.5 Å². The number of benzene rings is 1. The number of anilines is 1. The summed E-state index contributed by atoms with van der Waals surface area (Å²) < 4.78 is 18.6. The topological polar surface area (TPSA) is 179 Å². The zero-order valence-electron chi connectivity index (χ0n) is 22.1. The lowest BCUT2D eigenvalue weighted by molar-refractivity contribution is -0.116. The number of carbonyl (C=O) groups excluding carboxylic acids is 1. The highest BCUT2D eigenvalue weighted by Crippen LogP contribution is 2.32. The number of para-hydroxylation sites is 1. The molecule has 4 rings (SSSR count). The molecule has 0 unspecified atom stereocenters. The van der Waals surface area contributed by atoms with Gasteiger partial charge in [0.2, 0.25) is 6.41 Å². The molecule has 1 saturated heterocycles. The number of amidine groups is 1. The van der Waals surface area contributed by atoms with E-state index >= 15 is 0 Å². The van der Waals surface area contributed by atoms with Crippen LogP contribution < -0.4 is 16.2 Å². The predicted molar refractivity (Wildman–Crippen MR) is 153 cm³/mol. The van der Waals surface area contributed by atoms with Crippen LogP contribution in [0.4, 0.5) is 5.82 Å². The van der Waals surface area contributed by atoms with E-state index in [9.17, 15) is 9.70 Å². The molecule has 1 fully saturated rings. The van der Waals surface area contributed by atoms with Gasteiger partial charge in [-0.25, -0.2) is 19.3 Å². The molecule has 212 valence electrons. The maximum atomic E-state index is 11.8. The van der Waals surface area contributed by atoms with Gasteiger partial charge in [-0.1, -0.05) is 18.2 Å². The largest absolute Gasteiger partial charge is 0.492 e. The molecule has 1 aliphatic rings. The van der Waals surface area contributed by atoms with Crippen molar-refractivity contribution in [2.24, 2.45) is 15.3 Å². The fourth-order valence-electron chi connectivity index (χ4n) is 4.32. The maximum absolute atomic E-state index is 11.8. The van der Waals surface area contributed by atoms with E-state index in [1.807, 2.05) is 34.9 Å². The Morgan fingerprint density at radius 1 is 1.25 bits per heavy atom. The summed E-state index contributed by atoms with van der Waals surface area (Å²) in [6.07, 6.45) is 7.33. The van der Waals surface area contributed by atoms with Gasteiger partial charge in [0, 0.05) is 36.5 Å². The quantitative estimate of drug-likeness (QED) is 0.0904. The molecule has 1 aromatic carbocycles. The van der Waals surface area contributed by atoms with Crippen molar-refractivity contribution in [1.29, 1.82) is 0 Å². The fraction of sp³-hybridized carbons (Fsp3) is 0.400. The van der Waals surface area contributed by atoms with E-state index in [4.69, 9.17) is 20.9 Å². The number of carbonyl (C=O) groups is 1. The van der Waals surface area contributed by atoms with Crippen LogP contribution >= 0.6 is 12.1 Å². The minimum Gasteiger partial charge on any atom is -0.492 e. The number of hydrogen-bond donors (Lipinski definition) is 2. The molecule has 14 nitrogen and oxygen atoms in total. The van der Waals surface area contributed by atoms with Crippen LogP contribution in [-0.4, -0.2) is 80.4 Å². The van der Waals surface area contributed by atoms with Gasteiger partial charge >= 0.3 is 0 Å². The second-order valence-electron chi connectivity index (χ2n) is 8.95. The highest BCUT2D eigenvalue weighted by atomic mass is 32.2. The van der Waals surface area contributed by atoms with E-state index in [1.165, 1.54) is 11.2 Å². The van der Waals surface area contributed by atoms with Crippen molar-refractivity contribution in [3.05, 3.63) is 59.7 Å². The second-order valence-corrected chi connectivity index (χ2v) is 9.78. The van der Waals surface area contributed by atoms with Gasteiger partial charge in [-0.3, -0.25) is 14.4 Å². The van der Waals surface area contributed by atoms with E-state index < -0.39 is 0 Å². The highest BCUT2D eigenvalue weighted by molar-refractivity contribution is 7.95. The lowest BCUT2D eigenvalue weighted by Gasteiger charge is -2.22. The fourth-order valence-corrected chi connectivity index (χ4v) is 4.80. The van der Waals surface area contributed by atoms with Crippen molar-refractivity contribution in [3.8, 4) is 5.75 Å². The van der Waals surface area contributed by atoms with Crippen LogP contribution in [0.1, 0.15) is 25.5 Å². The third-order valence-corrected chi connectivity index (χ3v) is 6.98. The Bertz CT molecular complexity index is 1340. The van der Waals surface area contributed by atoms with Gasteiger partial charge in [0.15, 0.2) is 11.5 Å². The summed E-state index contributed by atoms with van der Waals surface area (Å²) in [5.41, 5.74) is 13.8. The number of amides is 1. The molecular formula is C25H32N10O4S. The average molecular weight is 569 g/mol. The molecule has 1 aliphatic heterocycles. The normalized spacial score (nSPS) is 17.9. The van der Waals surface area contributed by atoms with Crippen LogP contribution in [0.5, 0.6) is 5.75 Å². The molecule has 3 aromatic rings. The Morgan fingerprint density at radius 3 is 2.83 bits per heavy atom. The molecule has 0 radical (unpaired) electrons. The van der Waals surface area contributed by atoms with Crippen molar-refractivity contribution >= 4 is 41.4 Å². The number of aliphatic imine (C=N–C) groups is 1. The molecule has 15 heteroatoms. The first-order chi connectivity index (χ1) is 19.5. The molecule has 2 aromatic heterocycles. The van der Waals surface area contributed by atoms with Crippen LogP contribution in [0.3, 0.4) is 0 Å². The van der Waals surface area contributed by atoms with E-state index in [1.54, 1.807) is 23.9 Å². The molecule has 0 aliphatic carbocycles. The molecular weight excluding hydrogens is 536 g/mol. The maximum Gasteiger partial charge on any atom is 0.213 e. The van der Waals surface area contributed by atoms with Crippen molar-refractivity contribution in [2.45, 2.75) is 31.6 Å². The van der Waals surface area contributed by atoms with E-state index in [0.29, 0.717) is 54.2 Å². The molecule has 3 heterocycles. The average Bonchev–Trinajstić information content (AvgIpc) is 3.63. The third kappa shape index (κ3) is 7.52. The van der Waals surface area contributed by atoms with E-state index in [-0.39, 0.29) is 31.3 Å². The number of fused-ring (bicyclic) bond motifs is 1. The molecule has 0 bridgehead atoms. The minimum absolute atomic E-state index is 0.0531. The van der Waals surface area contributed by atoms with Crippen molar-refractivity contribution in [1.82, 2.24) is 28.7 Å². The Morgan fingerprint density at radius 2 is 2.08 bits per heavy atom. The van der Waals surface area contributed by atoms with Crippen molar-refractivity contribution in [3.63, 3.8) is 0 Å². The number of ether oxygens (including phenoxy) is 2. The first-order valence-electron chi connectivity index (χ1n) is 12.7. The third-order valence-electron chi connectivity index (χ3n) is 6.37. The number of hydrogen-bond acceptors (Lipinski definition) is 12. The number of nitrogens with zero attached hydrogens (tertiary/aromatic N) is 8. The van der Waals surface area contributed by atoms with Gasteiger partial charge in [0.25, 0.3) is 0 Å². The molecule has 1 amide bonds. The Balaban J connectivity index is 1.35. The number of aromatic nitrogens is 4. The van der Waals surface area contributed by atoms with Crippen molar-refractivity contribution in [2.75, 3.05) is 39.0 Å². The van der Waals surface area contributed by atoms with Crippen LogP contribution in [-0.2, 0) is 9.53 Å². The minimum atomic E-state index is -0.229. The summed E-state index contributed by atoms with van der Waals surface area (Å²) >= 11 is 0.786. The first-order valence-corrected chi connectivity index (χ1v) is 13.4. The Hall–Kier alpha value is -4.08. The summed E-state index contributed by atoms with van der Waals surface area (Å²) in [5, 5.41) is 0. The zero-order valence-corrected chi connectivity index (χ0v) is 22.9. The zero-order chi connectivity index (χ0) is 28.3. The molecule has 0 spiro atoms. The van der Waals surface area contributed by atoms with Crippen molar-refractivity contribution < 1.29 is 14.3 Å². The van der Waals surface area contributed by atoms with Gasteiger partial charge < -0.3 is 25.8 Å². The summed E-state index contributed by atoms with van der Waals surface area (Å²) in [6, 6.07) is 9.33. The highest BCUT2D eigenvalue weighted by Gasteiger charge is 2.29. The second kappa shape index (κ2) is 14.3. The molecule has 0 saturated carbocycles. The summed E-state index contributed by atoms with van der Waals surface area (Å²) in [6.45, 7) is 1.31. The van der Waals surface area contributed by atoms with Crippen LogP contribution in [0.15, 0.2) is 64.3 Å². The predicted octanol–water partition coefficient (Wildman–Crippen LogP) is 2.52. The van der Waals surface area contributed by atoms with Gasteiger partial charge in [-0.15, -0.1) is 4.91 Å². The Labute approximate surface area is 235 Å². The lowest BCUT2D eigenvalue weighted by Crippen LogP contribution is -2.31. The number of rotatable bonds is 15. The van der Waals surface area contributed by atoms with Gasteiger partial charge in [0.05, 0.1) is 19.0 Å². The Kier molecular flexibility index (Phi) is 10.4. The molecule has 4 N–H and O–H groups in total. The SMILES string of the molecule is CN=C(N)/C(=C\N(C=O)CCOc1ccccc1)CN(CC[C@@H]1CC[C@H](n2cnc3c(N)ncnc32)O1)SN=O. The van der Waals surface area contributed by atoms with Gasteiger partial charge in [-0.2, -0.15) is 0 Å². The van der Waals surface area contributed by atoms with Crippen LogP contribution in [0.2, 0.25) is 0 Å². The summed E-state index contributed by atoms with van der Waals surface area (Å²) in [7, 11) is 1.56. The number of nitrogens with two attached hydrogens (primary N) is 2. The van der Waals surface area contributed by atoms with Crippen LogP contribution in [0, 0.1) is 4.91 Å². The summed E-state index contributed by atoms with van der Waals surface area (Å²) in [5.74, 6) is 1.28. The van der Waals surface area contributed by atoms with Gasteiger partial charge in [0.1, 0.15) is 48.4 Å². The first kappa shape index (κ1) is 28.9. The summed E-state index contributed by atoms with van der Waals surface area (Å²) in [4.78, 5) is 41.0. The van der Waals surface area contributed by atoms with E-state index in [0.717, 1.165) is 25.0 Å². The van der Waals surface area contributed by atoms with Gasteiger partial charge in [-0.05, 0) is 31.4 Å². The number of nitroso groups, excluding NO2 is 1. The lowest BCUT2D eigenvalue weighted by atomic mass is 10.1. The monoisotopic (exact) mass is 568 g/mol. The standard InChI is InChI=1S/C25H32N10O4S/c1-28-23(26)18(13-33(17-36)11-12-38-19-5-3-2-4-6-19)14-34(40-32-37)10-9-20-7-8-21(39-20)35-16-31-22-24(27)29-15-30-25(22)35/h2-6,13,15-17,20-21H,7-12,14H2,1H3,(H2,26,28)(H2,27,29,30)/b18-13-/t20-,21+/m0/s1. The molecule has 40 heavy (non-hydrogen) atoms. The van der Waals surface area contributed by atoms with Crippen LogP contribution in [0.25, 0.3) is 11.2 Å². The smallest absolute Gasteiger partial charge is 0.213 e. The molecule has 2 atom stereocenters. The number of imidazole rings is 1. The number of nitrogen functional groups attached to an aromatic ring is 1.